The Bertz CT molecular complexity index is 1010. The van der Waals surface area contributed by atoms with Gasteiger partial charge in [-0.25, -0.2) is 4.98 Å². The Morgan fingerprint density at radius 1 is 0.667 bits per heavy atom. The maximum Gasteiger partial charge on any atom is 0.131 e. The number of pyridine rings is 1. The molecule has 0 atom stereocenters. The normalized spacial score (nSPS) is 10.4. The first-order chi connectivity index (χ1) is 13.3. The number of methoxy groups -OCH3 is 1. The molecule has 3 nitrogen and oxygen atoms in total. The number of aromatic nitrogens is 1. The van der Waals surface area contributed by atoms with Crippen LogP contribution < -0.4 is 10.1 Å². The van der Waals surface area contributed by atoms with Crippen LogP contribution in [0.15, 0.2) is 97.1 Å². The molecule has 0 radical (unpaired) electrons. The highest BCUT2D eigenvalue weighted by Gasteiger charge is 2.11. The summed E-state index contributed by atoms with van der Waals surface area (Å²) in [6, 6.07) is 32.5. The van der Waals surface area contributed by atoms with Crippen LogP contribution in [0.25, 0.3) is 22.4 Å². The van der Waals surface area contributed by atoms with E-state index < -0.39 is 0 Å². The van der Waals surface area contributed by atoms with E-state index in [1.165, 1.54) is 0 Å². The van der Waals surface area contributed by atoms with E-state index in [1.54, 1.807) is 7.11 Å². The number of benzene rings is 3. The van der Waals surface area contributed by atoms with Gasteiger partial charge in [-0.2, -0.15) is 0 Å². The molecule has 0 unspecified atom stereocenters. The van der Waals surface area contributed by atoms with Gasteiger partial charge in [-0.05, 0) is 54.1 Å². The summed E-state index contributed by atoms with van der Waals surface area (Å²) in [5.41, 5.74) is 5.23. The third-order valence-electron chi connectivity index (χ3n) is 4.39. The number of nitrogens with one attached hydrogen (secondary N) is 1. The topological polar surface area (TPSA) is 34.1 Å². The Labute approximate surface area is 159 Å². The molecule has 3 heteroatoms. The van der Waals surface area contributed by atoms with Crippen molar-refractivity contribution in [2.75, 3.05) is 12.4 Å². The first kappa shape index (κ1) is 16.9. The Morgan fingerprint density at radius 2 is 1.33 bits per heavy atom. The van der Waals surface area contributed by atoms with Gasteiger partial charge in [-0.15, -0.1) is 0 Å². The molecular formula is C24H20N2O. The fraction of sp³-hybridized carbons (Fsp3) is 0.0417. The second kappa shape index (κ2) is 7.75. The molecule has 0 spiro atoms. The largest absolute Gasteiger partial charge is 0.497 e. The van der Waals surface area contributed by atoms with Crippen molar-refractivity contribution in [3.8, 4) is 28.1 Å². The number of anilines is 2. The lowest BCUT2D eigenvalue weighted by Gasteiger charge is -2.13. The van der Waals surface area contributed by atoms with E-state index in [2.05, 4.69) is 23.5 Å². The van der Waals surface area contributed by atoms with Crippen LogP contribution in [0.2, 0.25) is 0 Å². The van der Waals surface area contributed by atoms with Crippen LogP contribution in [0, 0.1) is 0 Å². The minimum Gasteiger partial charge on any atom is -0.497 e. The fourth-order valence-electron chi connectivity index (χ4n) is 3.02. The first-order valence-electron chi connectivity index (χ1n) is 8.86. The third kappa shape index (κ3) is 3.82. The van der Waals surface area contributed by atoms with Gasteiger partial charge in [0.25, 0.3) is 0 Å². The lowest BCUT2D eigenvalue weighted by molar-refractivity contribution is 0.415. The predicted molar refractivity (Wildman–Crippen MR) is 111 cm³/mol. The van der Waals surface area contributed by atoms with Crippen LogP contribution in [-0.2, 0) is 0 Å². The number of nitrogens with zero attached hydrogens (tertiary/aromatic N) is 1. The monoisotopic (exact) mass is 352 g/mol. The predicted octanol–water partition coefficient (Wildman–Crippen LogP) is 6.17. The lowest BCUT2D eigenvalue weighted by atomic mass is 9.99. The second-order valence-corrected chi connectivity index (χ2v) is 6.18. The summed E-state index contributed by atoms with van der Waals surface area (Å²) < 4.78 is 5.29. The van der Waals surface area contributed by atoms with Crippen LogP contribution in [0.5, 0.6) is 5.75 Å². The highest BCUT2D eigenvalue weighted by atomic mass is 16.5. The van der Waals surface area contributed by atoms with Crippen molar-refractivity contribution in [2.45, 2.75) is 0 Å². The van der Waals surface area contributed by atoms with Gasteiger partial charge in [0.2, 0.25) is 0 Å². The number of ether oxygens (including phenoxy) is 1. The standard InChI is InChI=1S/C24H20N2O/c1-27-21-14-12-19(13-15-21)24-22(18-8-4-2-5-9-18)16-17-23(26-24)25-20-10-6-3-7-11-20/h2-17H,1H3,(H,25,26). The molecule has 0 saturated heterocycles. The lowest BCUT2D eigenvalue weighted by Crippen LogP contribution is -1.97. The summed E-state index contributed by atoms with van der Waals surface area (Å²) >= 11 is 0. The van der Waals surface area contributed by atoms with Gasteiger partial charge in [0, 0.05) is 16.8 Å². The van der Waals surface area contributed by atoms with Gasteiger partial charge in [0.05, 0.1) is 12.8 Å². The van der Waals surface area contributed by atoms with Gasteiger partial charge in [0.15, 0.2) is 0 Å². The van der Waals surface area contributed by atoms with E-state index in [9.17, 15) is 0 Å². The van der Waals surface area contributed by atoms with Crippen LogP contribution in [0.4, 0.5) is 11.5 Å². The summed E-state index contributed by atoms with van der Waals surface area (Å²) in [5.74, 6) is 1.64. The number of para-hydroxylation sites is 1. The highest BCUT2D eigenvalue weighted by molar-refractivity contribution is 5.82. The third-order valence-corrected chi connectivity index (χ3v) is 4.39. The van der Waals surface area contributed by atoms with E-state index in [0.717, 1.165) is 39.6 Å². The molecule has 1 aromatic heterocycles. The van der Waals surface area contributed by atoms with E-state index in [1.807, 2.05) is 78.9 Å². The van der Waals surface area contributed by atoms with Gasteiger partial charge < -0.3 is 10.1 Å². The Morgan fingerprint density at radius 3 is 2.00 bits per heavy atom. The Kier molecular flexibility index (Phi) is 4.84. The molecule has 3 aromatic carbocycles. The zero-order chi connectivity index (χ0) is 18.5. The van der Waals surface area contributed by atoms with Crippen LogP contribution in [0.3, 0.4) is 0 Å². The van der Waals surface area contributed by atoms with E-state index in [0.29, 0.717) is 0 Å². The summed E-state index contributed by atoms with van der Waals surface area (Å²) in [4.78, 5) is 4.92. The Balaban J connectivity index is 1.79. The van der Waals surface area contributed by atoms with Gasteiger partial charge in [0.1, 0.15) is 11.6 Å². The molecule has 132 valence electrons. The molecule has 0 aliphatic heterocycles. The molecular weight excluding hydrogens is 332 g/mol. The van der Waals surface area contributed by atoms with Crippen LogP contribution in [-0.4, -0.2) is 12.1 Å². The average molecular weight is 352 g/mol. The molecule has 0 aliphatic rings. The minimum absolute atomic E-state index is 0.812. The zero-order valence-electron chi connectivity index (χ0n) is 15.1. The van der Waals surface area contributed by atoms with Crippen molar-refractivity contribution < 1.29 is 4.74 Å². The van der Waals surface area contributed by atoms with Gasteiger partial charge in [-0.1, -0.05) is 48.5 Å². The van der Waals surface area contributed by atoms with Crippen molar-refractivity contribution >= 4 is 11.5 Å². The molecule has 4 aromatic rings. The van der Waals surface area contributed by atoms with Crippen molar-refractivity contribution in [1.29, 1.82) is 0 Å². The molecule has 0 saturated carbocycles. The van der Waals surface area contributed by atoms with E-state index in [4.69, 9.17) is 9.72 Å². The maximum absolute atomic E-state index is 5.29. The van der Waals surface area contributed by atoms with Crippen LogP contribution in [0.1, 0.15) is 0 Å². The second-order valence-electron chi connectivity index (χ2n) is 6.18. The maximum atomic E-state index is 5.29. The van der Waals surface area contributed by atoms with Crippen molar-refractivity contribution in [3.63, 3.8) is 0 Å². The molecule has 4 rings (SSSR count). The van der Waals surface area contributed by atoms with E-state index >= 15 is 0 Å². The number of hydrogen-bond donors (Lipinski definition) is 1. The molecule has 0 amide bonds. The highest BCUT2D eigenvalue weighted by Crippen LogP contribution is 2.33. The van der Waals surface area contributed by atoms with Crippen LogP contribution >= 0.6 is 0 Å². The average Bonchev–Trinajstić information content (AvgIpc) is 2.75. The smallest absolute Gasteiger partial charge is 0.131 e. The molecule has 0 aliphatic carbocycles. The van der Waals surface area contributed by atoms with Gasteiger partial charge >= 0.3 is 0 Å². The summed E-state index contributed by atoms with van der Waals surface area (Å²) in [6.07, 6.45) is 0. The SMILES string of the molecule is COc1ccc(-c2nc(Nc3ccccc3)ccc2-c2ccccc2)cc1. The number of hydrogen-bond acceptors (Lipinski definition) is 3. The summed E-state index contributed by atoms with van der Waals surface area (Å²) in [7, 11) is 1.67. The molecule has 0 bridgehead atoms. The van der Waals surface area contributed by atoms with Crippen molar-refractivity contribution in [2.24, 2.45) is 0 Å². The Hall–Kier alpha value is -3.59. The van der Waals surface area contributed by atoms with E-state index in [-0.39, 0.29) is 0 Å². The fourth-order valence-corrected chi connectivity index (χ4v) is 3.02. The molecule has 1 N–H and O–H groups in total. The molecule has 0 fully saturated rings. The minimum atomic E-state index is 0.812. The quantitative estimate of drug-likeness (QED) is 0.466. The van der Waals surface area contributed by atoms with Gasteiger partial charge in [-0.3, -0.25) is 0 Å². The zero-order valence-corrected chi connectivity index (χ0v) is 15.1. The summed E-state index contributed by atoms with van der Waals surface area (Å²) in [6.45, 7) is 0. The summed E-state index contributed by atoms with van der Waals surface area (Å²) in [5, 5.41) is 3.38. The van der Waals surface area contributed by atoms with Crippen molar-refractivity contribution in [3.05, 3.63) is 97.1 Å². The molecule has 1 heterocycles. The number of rotatable bonds is 5. The molecule has 27 heavy (non-hydrogen) atoms. The van der Waals surface area contributed by atoms with Crippen molar-refractivity contribution in [1.82, 2.24) is 4.98 Å². The first-order valence-corrected chi connectivity index (χ1v) is 8.86.